The van der Waals surface area contributed by atoms with Gasteiger partial charge in [-0.05, 0) is 38.5 Å². The van der Waals surface area contributed by atoms with Gasteiger partial charge in [0.15, 0.2) is 0 Å². The molecule has 0 aliphatic heterocycles. The molecule has 0 aliphatic rings. The molecule has 0 spiro atoms. The molecule has 0 radical (unpaired) electrons. The number of benzene rings is 1. The molecule has 1 nitrogen and oxygen atoms in total. The van der Waals surface area contributed by atoms with Crippen molar-refractivity contribution in [3.05, 3.63) is 34.8 Å². The number of fused-ring (bicyclic) bond motifs is 1. The van der Waals surface area contributed by atoms with Gasteiger partial charge in [-0.25, -0.2) is 4.98 Å². The molecule has 0 unspecified atom stereocenters. The van der Waals surface area contributed by atoms with Gasteiger partial charge in [0.2, 0.25) is 0 Å². The highest BCUT2D eigenvalue weighted by atomic mass is 32.1. The van der Waals surface area contributed by atoms with Crippen LogP contribution in [0.25, 0.3) is 15.8 Å². The Hall–Kier alpha value is -1.15. The van der Waals surface area contributed by atoms with E-state index in [2.05, 4.69) is 44.0 Å². The Bertz CT molecular complexity index is 457. The van der Waals surface area contributed by atoms with Crippen LogP contribution in [-0.4, -0.2) is 4.98 Å². The average Bonchev–Trinajstić information content (AvgIpc) is 2.59. The van der Waals surface area contributed by atoms with Crippen LogP contribution in [0.15, 0.2) is 29.8 Å². The second kappa shape index (κ2) is 3.54. The third-order valence-electron chi connectivity index (χ3n) is 2.36. The second-order valence-corrected chi connectivity index (χ2v) is 4.64. The van der Waals surface area contributed by atoms with E-state index in [4.69, 9.17) is 0 Å². The molecule has 1 heterocycles. The largest absolute Gasteiger partial charge is 0.236 e. The zero-order valence-corrected chi connectivity index (χ0v) is 9.48. The lowest BCUT2D eigenvalue weighted by Crippen LogP contribution is -1.79. The summed E-state index contributed by atoms with van der Waals surface area (Å²) in [5.41, 5.74) is 3.74. The minimum atomic E-state index is 1.10. The fourth-order valence-corrected chi connectivity index (χ4v) is 2.32. The maximum absolute atomic E-state index is 4.59. The molecule has 0 fully saturated rings. The summed E-state index contributed by atoms with van der Waals surface area (Å²) in [4.78, 5) is 4.59. The molecule has 2 aromatic rings. The minimum absolute atomic E-state index is 1.10. The predicted molar refractivity (Wildman–Crippen MR) is 63.6 cm³/mol. The summed E-state index contributed by atoms with van der Waals surface area (Å²) in [5.74, 6) is 0. The van der Waals surface area contributed by atoms with E-state index in [-0.39, 0.29) is 0 Å². The van der Waals surface area contributed by atoms with Gasteiger partial charge in [-0.3, -0.25) is 0 Å². The van der Waals surface area contributed by atoms with E-state index < -0.39 is 0 Å². The summed E-state index contributed by atoms with van der Waals surface area (Å²) in [5, 5.41) is 1.14. The Balaban J connectivity index is 2.61. The van der Waals surface area contributed by atoms with E-state index in [0.717, 1.165) is 10.5 Å². The predicted octanol–water partition coefficient (Wildman–Crippen LogP) is 4.11. The standard InChI is InChI=1S/C12H13NS/c1-8(2)9(3)12-13-10-6-4-5-7-11(10)14-12/h4-7H,1-3H3. The number of para-hydroxylation sites is 1. The molecular formula is C12H13NS. The molecule has 0 atom stereocenters. The fraction of sp³-hybridized carbons (Fsp3) is 0.250. The smallest absolute Gasteiger partial charge is 0.120 e. The second-order valence-electron chi connectivity index (χ2n) is 3.61. The summed E-state index contributed by atoms with van der Waals surface area (Å²) in [6, 6.07) is 8.27. The maximum Gasteiger partial charge on any atom is 0.120 e. The molecule has 0 amide bonds. The number of aromatic nitrogens is 1. The molecule has 0 bridgehead atoms. The van der Waals surface area contributed by atoms with E-state index in [9.17, 15) is 0 Å². The highest BCUT2D eigenvalue weighted by Gasteiger charge is 2.04. The van der Waals surface area contributed by atoms with E-state index in [1.165, 1.54) is 15.8 Å². The Labute approximate surface area is 88.1 Å². The van der Waals surface area contributed by atoms with E-state index in [1.54, 1.807) is 11.3 Å². The van der Waals surface area contributed by atoms with Crippen LogP contribution in [0.2, 0.25) is 0 Å². The summed E-state index contributed by atoms with van der Waals surface area (Å²) >= 11 is 1.76. The zero-order chi connectivity index (χ0) is 10.1. The van der Waals surface area contributed by atoms with Crippen molar-refractivity contribution in [2.45, 2.75) is 20.8 Å². The minimum Gasteiger partial charge on any atom is -0.236 e. The van der Waals surface area contributed by atoms with E-state index >= 15 is 0 Å². The molecule has 72 valence electrons. The monoisotopic (exact) mass is 203 g/mol. The Morgan fingerprint density at radius 2 is 1.86 bits per heavy atom. The van der Waals surface area contributed by atoms with Crippen LogP contribution in [0, 0.1) is 0 Å². The molecule has 1 aromatic carbocycles. The molecule has 0 saturated heterocycles. The summed E-state index contributed by atoms with van der Waals surface area (Å²) in [6.07, 6.45) is 0. The average molecular weight is 203 g/mol. The number of nitrogens with zero attached hydrogens (tertiary/aromatic N) is 1. The first-order valence-corrected chi connectivity index (χ1v) is 5.50. The highest BCUT2D eigenvalue weighted by molar-refractivity contribution is 7.19. The quantitative estimate of drug-likeness (QED) is 0.679. The topological polar surface area (TPSA) is 12.9 Å². The Kier molecular flexibility index (Phi) is 2.38. The van der Waals surface area contributed by atoms with Crippen LogP contribution in [-0.2, 0) is 0 Å². The van der Waals surface area contributed by atoms with Crippen molar-refractivity contribution in [3.63, 3.8) is 0 Å². The number of hydrogen-bond acceptors (Lipinski definition) is 2. The zero-order valence-electron chi connectivity index (χ0n) is 8.66. The van der Waals surface area contributed by atoms with Gasteiger partial charge >= 0.3 is 0 Å². The summed E-state index contributed by atoms with van der Waals surface area (Å²) in [7, 11) is 0. The van der Waals surface area contributed by atoms with Gasteiger partial charge in [0.1, 0.15) is 5.01 Å². The molecule has 0 aliphatic carbocycles. The van der Waals surface area contributed by atoms with Crippen molar-refractivity contribution >= 4 is 27.1 Å². The van der Waals surface area contributed by atoms with Gasteiger partial charge in [-0.1, -0.05) is 17.7 Å². The van der Waals surface area contributed by atoms with Crippen molar-refractivity contribution in [1.29, 1.82) is 0 Å². The van der Waals surface area contributed by atoms with Crippen LogP contribution in [0.3, 0.4) is 0 Å². The fourth-order valence-electron chi connectivity index (χ4n) is 1.25. The normalized spacial score (nSPS) is 10.5. The van der Waals surface area contributed by atoms with E-state index in [0.29, 0.717) is 0 Å². The lowest BCUT2D eigenvalue weighted by atomic mass is 10.2. The van der Waals surface area contributed by atoms with Crippen molar-refractivity contribution in [2.75, 3.05) is 0 Å². The summed E-state index contributed by atoms with van der Waals surface area (Å²) < 4.78 is 1.27. The van der Waals surface area contributed by atoms with Crippen LogP contribution >= 0.6 is 11.3 Å². The van der Waals surface area contributed by atoms with Gasteiger partial charge in [-0.15, -0.1) is 11.3 Å². The first-order valence-electron chi connectivity index (χ1n) is 4.68. The van der Waals surface area contributed by atoms with Crippen molar-refractivity contribution in [1.82, 2.24) is 4.98 Å². The highest BCUT2D eigenvalue weighted by Crippen LogP contribution is 2.27. The van der Waals surface area contributed by atoms with E-state index in [1.807, 2.05) is 6.07 Å². The Morgan fingerprint density at radius 1 is 1.14 bits per heavy atom. The van der Waals surface area contributed by atoms with Crippen molar-refractivity contribution < 1.29 is 0 Å². The lowest BCUT2D eigenvalue weighted by molar-refractivity contribution is 1.33. The molecule has 2 heteroatoms. The van der Waals surface area contributed by atoms with Crippen LogP contribution in [0.5, 0.6) is 0 Å². The van der Waals surface area contributed by atoms with Gasteiger partial charge in [0.25, 0.3) is 0 Å². The third kappa shape index (κ3) is 1.58. The molecule has 0 N–H and O–H groups in total. The number of allylic oxidation sites excluding steroid dienone is 2. The molecule has 1 aromatic heterocycles. The first kappa shape index (κ1) is 9.41. The molecule has 2 rings (SSSR count). The number of hydrogen-bond donors (Lipinski definition) is 0. The molecule has 0 saturated carbocycles. The van der Waals surface area contributed by atoms with Crippen LogP contribution < -0.4 is 0 Å². The third-order valence-corrected chi connectivity index (χ3v) is 3.52. The van der Waals surface area contributed by atoms with Crippen LogP contribution in [0.4, 0.5) is 0 Å². The number of thiazole rings is 1. The van der Waals surface area contributed by atoms with Gasteiger partial charge in [-0.2, -0.15) is 0 Å². The van der Waals surface area contributed by atoms with Crippen molar-refractivity contribution in [3.8, 4) is 0 Å². The molecular weight excluding hydrogens is 190 g/mol. The Morgan fingerprint density at radius 3 is 2.50 bits per heavy atom. The van der Waals surface area contributed by atoms with Crippen molar-refractivity contribution in [2.24, 2.45) is 0 Å². The first-order chi connectivity index (χ1) is 6.68. The van der Waals surface area contributed by atoms with Gasteiger partial charge in [0, 0.05) is 0 Å². The van der Waals surface area contributed by atoms with Gasteiger partial charge in [0.05, 0.1) is 10.2 Å². The SMILES string of the molecule is CC(C)=C(C)c1nc2ccccc2s1. The lowest BCUT2D eigenvalue weighted by Gasteiger charge is -1.96. The van der Waals surface area contributed by atoms with Gasteiger partial charge < -0.3 is 0 Å². The number of rotatable bonds is 1. The van der Waals surface area contributed by atoms with Crippen LogP contribution in [0.1, 0.15) is 25.8 Å². The summed E-state index contributed by atoms with van der Waals surface area (Å²) in [6.45, 7) is 6.38. The maximum atomic E-state index is 4.59. The molecule has 14 heavy (non-hydrogen) atoms.